The first-order chi connectivity index (χ1) is 15.4. The molecule has 4 rings (SSSR count). The van der Waals surface area contributed by atoms with Gasteiger partial charge in [0, 0.05) is 29.0 Å². The number of carbonyl (C=O) groups excluding carboxylic acids is 1. The highest BCUT2D eigenvalue weighted by Crippen LogP contribution is 2.23. The van der Waals surface area contributed by atoms with Crippen molar-refractivity contribution in [2.75, 3.05) is 5.32 Å². The van der Waals surface area contributed by atoms with Crippen molar-refractivity contribution >= 4 is 22.4 Å². The largest absolute Gasteiger partial charge is 0.343 e. The van der Waals surface area contributed by atoms with E-state index in [1.165, 1.54) is 16.8 Å². The first-order valence-electron chi connectivity index (χ1n) is 10.6. The zero-order valence-electron chi connectivity index (χ0n) is 18.4. The van der Waals surface area contributed by atoms with Gasteiger partial charge in [-0.25, -0.2) is 9.07 Å². The van der Waals surface area contributed by atoms with Crippen LogP contribution < -0.4 is 10.9 Å². The summed E-state index contributed by atoms with van der Waals surface area (Å²) in [5.41, 5.74) is 4.09. The van der Waals surface area contributed by atoms with Crippen molar-refractivity contribution < 1.29 is 9.18 Å². The normalized spacial score (nSPS) is 11.1. The van der Waals surface area contributed by atoms with Gasteiger partial charge in [-0.15, -0.1) is 0 Å². The molecule has 2 aromatic carbocycles. The molecule has 1 N–H and O–H groups in total. The van der Waals surface area contributed by atoms with Crippen molar-refractivity contribution in [3.63, 3.8) is 0 Å². The van der Waals surface area contributed by atoms with Gasteiger partial charge in [-0.05, 0) is 49.6 Å². The Kier molecular flexibility index (Phi) is 5.90. The summed E-state index contributed by atoms with van der Waals surface area (Å²) in [5.74, 6) is -0.591. The molecular formula is C25H25FN4O2. The molecule has 0 fully saturated rings. The minimum Gasteiger partial charge on any atom is -0.343 e. The summed E-state index contributed by atoms with van der Waals surface area (Å²) in [6.07, 6.45) is 2.42. The molecule has 32 heavy (non-hydrogen) atoms. The van der Waals surface area contributed by atoms with Crippen LogP contribution in [0.3, 0.4) is 0 Å². The summed E-state index contributed by atoms with van der Waals surface area (Å²) in [7, 11) is 0. The molecule has 0 unspecified atom stereocenters. The Hall–Kier alpha value is -3.74. The van der Waals surface area contributed by atoms with Crippen LogP contribution in [-0.2, 0) is 24.3 Å². The van der Waals surface area contributed by atoms with Crippen LogP contribution in [0.1, 0.15) is 29.4 Å². The van der Waals surface area contributed by atoms with Crippen molar-refractivity contribution in [3.05, 3.63) is 93.4 Å². The molecule has 0 spiro atoms. The number of halogens is 1. The zero-order valence-corrected chi connectivity index (χ0v) is 18.4. The molecule has 0 bridgehead atoms. The Morgan fingerprint density at radius 3 is 2.50 bits per heavy atom. The van der Waals surface area contributed by atoms with Gasteiger partial charge in [0.2, 0.25) is 5.91 Å². The van der Waals surface area contributed by atoms with E-state index >= 15 is 0 Å². The van der Waals surface area contributed by atoms with Gasteiger partial charge in [0.25, 0.3) is 5.56 Å². The predicted octanol–water partition coefficient (Wildman–Crippen LogP) is 4.20. The van der Waals surface area contributed by atoms with Crippen LogP contribution in [-0.4, -0.2) is 20.3 Å². The number of aromatic nitrogens is 3. The Morgan fingerprint density at radius 1 is 1.06 bits per heavy atom. The number of rotatable bonds is 6. The number of fused-ring (bicyclic) bond motifs is 1. The summed E-state index contributed by atoms with van der Waals surface area (Å²) >= 11 is 0. The number of aryl methyl sites for hydroxylation is 3. The SMILES string of the molecule is CCc1ccccc1NC(=O)Cn1ncc2c(C)n(Cc3ccc(F)cc3)c(C)c2c1=O. The van der Waals surface area contributed by atoms with Gasteiger partial charge < -0.3 is 9.88 Å². The lowest BCUT2D eigenvalue weighted by molar-refractivity contribution is -0.117. The summed E-state index contributed by atoms with van der Waals surface area (Å²) < 4.78 is 16.5. The fourth-order valence-corrected chi connectivity index (χ4v) is 4.04. The monoisotopic (exact) mass is 432 g/mol. The van der Waals surface area contributed by atoms with E-state index in [9.17, 15) is 14.0 Å². The Bertz CT molecular complexity index is 1350. The van der Waals surface area contributed by atoms with Crippen LogP contribution in [0.5, 0.6) is 0 Å². The summed E-state index contributed by atoms with van der Waals surface area (Å²) in [5, 5.41) is 8.42. The van der Waals surface area contributed by atoms with Gasteiger partial charge in [-0.1, -0.05) is 37.3 Å². The van der Waals surface area contributed by atoms with Crippen LogP contribution in [0.15, 0.2) is 59.5 Å². The standard InChI is InChI=1S/C25H25FN4O2/c1-4-19-7-5-6-8-22(19)28-23(31)15-30-25(32)24-17(3)29(16(2)21(24)13-27-30)14-18-9-11-20(26)12-10-18/h5-13H,4,14-15H2,1-3H3,(H,28,31). The number of nitrogens with one attached hydrogen (secondary N) is 1. The quantitative estimate of drug-likeness (QED) is 0.496. The zero-order chi connectivity index (χ0) is 22.8. The third-order valence-electron chi connectivity index (χ3n) is 5.82. The van der Waals surface area contributed by atoms with Crippen molar-refractivity contribution in [2.45, 2.75) is 40.3 Å². The first kappa shape index (κ1) is 21.5. The molecule has 0 aliphatic carbocycles. The number of carbonyl (C=O) groups is 1. The lowest BCUT2D eigenvalue weighted by atomic mass is 10.1. The second-order valence-electron chi connectivity index (χ2n) is 7.84. The molecule has 0 saturated carbocycles. The Balaban J connectivity index is 1.63. The molecule has 0 aliphatic heterocycles. The Morgan fingerprint density at radius 2 is 1.78 bits per heavy atom. The number of amides is 1. The van der Waals surface area contributed by atoms with Crippen molar-refractivity contribution in [1.82, 2.24) is 14.3 Å². The average molecular weight is 432 g/mol. The number of hydrogen-bond acceptors (Lipinski definition) is 3. The first-order valence-corrected chi connectivity index (χ1v) is 10.6. The average Bonchev–Trinajstić information content (AvgIpc) is 3.02. The number of benzene rings is 2. The van der Waals surface area contributed by atoms with Gasteiger partial charge in [0.15, 0.2) is 0 Å². The van der Waals surface area contributed by atoms with Gasteiger partial charge in [0.1, 0.15) is 12.4 Å². The van der Waals surface area contributed by atoms with Crippen LogP contribution in [0.4, 0.5) is 10.1 Å². The van der Waals surface area contributed by atoms with Gasteiger partial charge in [0.05, 0.1) is 11.6 Å². The van der Waals surface area contributed by atoms with E-state index in [4.69, 9.17) is 0 Å². The van der Waals surface area contributed by atoms with E-state index in [2.05, 4.69) is 10.4 Å². The molecule has 6 nitrogen and oxygen atoms in total. The van der Waals surface area contributed by atoms with Crippen LogP contribution in [0, 0.1) is 19.7 Å². The van der Waals surface area contributed by atoms with E-state index in [0.29, 0.717) is 11.9 Å². The molecule has 164 valence electrons. The number of para-hydroxylation sites is 1. The number of nitrogens with zero attached hydrogens (tertiary/aromatic N) is 3. The molecule has 4 aromatic rings. The van der Waals surface area contributed by atoms with Crippen molar-refractivity contribution in [2.24, 2.45) is 0 Å². The molecule has 2 heterocycles. The van der Waals surface area contributed by atoms with Crippen LogP contribution in [0.25, 0.3) is 10.8 Å². The highest BCUT2D eigenvalue weighted by molar-refractivity contribution is 5.92. The van der Waals surface area contributed by atoms with Crippen LogP contribution in [0.2, 0.25) is 0 Å². The molecule has 0 saturated heterocycles. The second kappa shape index (κ2) is 8.78. The maximum absolute atomic E-state index is 13.2. The van der Waals surface area contributed by atoms with E-state index in [-0.39, 0.29) is 23.8 Å². The molecule has 1 amide bonds. The highest BCUT2D eigenvalue weighted by atomic mass is 19.1. The predicted molar refractivity (Wildman–Crippen MR) is 123 cm³/mol. The highest BCUT2D eigenvalue weighted by Gasteiger charge is 2.18. The second-order valence-corrected chi connectivity index (χ2v) is 7.84. The van der Waals surface area contributed by atoms with Crippen molar-refractivity contribution in [3.8, 4) is 0 Å². The van der Waals surface area contributed by atoms with Gasteiger partial charge >= 0.3 is 0 Å². The number of anilines is 1. The molecule has 0 aliphatic rings. The minimum absolute atomic E-state index is 0.172. The minimum atomic E-state index is -0.306. The molecule has 2 aromatic heterocycles. The molecule has 0 atom stereocenters. The maximum atomic E-state index is 13.2. The van der Waals surface area contributed by atoms with Gasteiger partial charge in [-0.2, -0.15) is 5.10 Å². The van der Waals surface area contributed by atoms with E-state index in [1.807, 2.05) is 49.6 Å². The van der Waals surface area contributed by atoms with Crippen LogP contribution >= 0.6 is 0 Å². The Labute approximate surface area is 185 Å². The maximum Gasteiger partial charge on any atom is 0.276 e. The third-order valence-corrected chi connectivity index (χ3v) is 5.82. The molecular weight excluding hydrogens is 407 g/mol. The topological polar surface area (TPSA) is 68.9 Å². The van der Waals surface area contributed by atoms with E-state index in [0.717, 1.165) is 40.0 Å². The summed E-state index contributed by atoms with van der Waals surface area (Å²) in [6, 6.07) is 13.9. The van der Waals surface area contributed by atoms with Crippen molar-refractivity contribution in [1.29, 1.82) is 0 Å². The smallest absolute Gasteiger partial charge is 0.276 e. The van der Waals surface area contributed by atoms with E-state index in [1.54, 1.807) is 18.3 Å². The third kappa shape index (κ3) is 4.06. The van der Waals surface area contributed by atoms with Gasteiger partial charge in [-0.3, -0.25) is 9.59 Å². The fourth-order valence-electron chi connectivity index (χ4n) is 4.04. The fraction of sp³-hybridized carbons (Fsp3) is 0.240. The lowest BCUT2D eigenvalue weighted by Gasteiger charge is -2.10. The van der Waals surface area contributed by atoms with E-state index < -0.39 is 0 Å². The lowest BCUT2D eigenvalue weighted by Crippen LogP contribution is -2.29. The summed E-state index contributed by atoms with van der Waals surface area (Å²) in [4.78, 5) is 25.8. The summed E-state index contributed by atoms with van der Waals surface area (Å²) in [6.45, 7) is 6.17. The molecule has 7 heteroatoms. The molecule has 0 radical (unpaired) electrons. The number of hydrogen-bond donors (Lipinski definition) is 1.